The number of hydrogen-bond donors (Lipinski definition) is 1. The number of anilines is 1. The summed E-state index contributed by atoms with van der Waals surface area (Å²) in [6.07, 6.45) is -5.63. The number of alkyl halides is 3. The van der Waals surface area contributed by atoms with Gasteiger partial charge in [0.15, 0.2) is 0 Å². The summed E-state index contributed by atoms with van der Waals surface area (Å²) in [6.45, 7) is 1.50. The zero-order valence-electron chi connectivity index (χ0n) is 14.2. The predicted molar refractivity (Wildman–Crippen MR) is 93.3 cm³/mol. The molecule has 0 aliphatic carbocycles. The van der Waals surface area contributed by atoms with E-state index in [1.807, 2.05) is 0 Å². The first-order chi connectivity index (χ1) is 13.0. The first kappa shape index (κ1) is 21.3. The quantitative estimate of drug-likeness (QED) is 0.320. The summed E-state index contributed by atoms with van der Waals surface area (Å²) in [7, 11) is 0. The number of hydrazine groups is 1. The van der Waals surface area contributed by atoms with Crippen molar-refractivity contribution in [3.8, 4) is 11.5 Å². The third-order valence-electron chi connectivity index (χ3n) is 3.35. The molecule has 0 aromatic heterocycles. The lowest BCUT2D eigenvalue weighted by molar-refractivity contribution is -0.384. The number of halogens is 4. The predicted octanol–water partition coefficient (Wildman–Crippen LogP) is 4.90. The highest BCUT2D eigenvalue weighted by atomic mass is 35.5. The smallest absolute Gasteiger partial charge is 0.429 e. The summed E-state index contributed by atoms with van der Waals surface area (Å²) in [4.78, 5) is 22.2. The minimum Gasteiger partial charge on any atom is -0.456 e. The van der Waals surface area contributed by atoms with Gasteiger partial charge in [-0.3, -0.25) is 10.1 Å². The van der Waals surface area contributed by atoms with Gasteiger partial charge in [0.05, 0.1) is 22.1 Å². The number of carbonyl (C=O) groups is 1. The maximum absolute atomic E-state index is 12.7. The lowest BCUT2D eigenvalue weighted by Crippen LogP contribution is -2.38. The molecule has 0 aliphatic heterocycles. The number of benzene rings is 2. The molecular weight excluding hydrogens is 407 g/mol. The van der Waals surface area contributed by atoms with Crippen LogP contribution < -0.4 is 15.6 Å². The van der Waals surface area contributed by atoms with Gasteiger partial charge in [0.1, 0.15) is 17.2 Å². The van der Waals surface area contributed by atoms with Crippen LogP contribution in [0.15, 0.2) is 36.4 Å². The fraction of sp³-hybridized carbons (Fsp3) is 0.188. The van der Waals surface area contributed by atoms with E-state index in [0.717, 1.165) is 24.3 Å². The number of nitro benzene ring substituents is 1. The Morgan fingerprint density at radius 1 is 1.29 bits per heavy atom. The second-order valence-corrected chi connectivity index (χ2v) is 5.63. The average molecular weight is 420 g/mol. The van der Waals surface area contributed by atoms with Gasteiger partial charge in [0, 0.05) is 12.1 Å². The lowest BCUT2D eigenvalue weighted by Gasteiger charge is -2.17. The van der Waals surface area contributed by atoms with Crippen molar-refractivity contribution in [1.82, 2.24) is 0 Å². The van der Waals surface area contributed by atoms with Gasteiger partial charge in [-0.05, 0) is 31.2 Å². The van der Waals surface area contributed by atoms with Crippen molar-refractivity contribution in [2.75, 3.05) is 11.6 Å². The molecule has 0 unspecified atom stereocenters. The molecule has 0 fully saturated rings. The Kier molecular flexibility index (Phi) is 6.31. The fourth-order valence-electron chi connectivity index (χ4n) is 2.09. The van der Waals surface area contributed by atoms with E-state index in [1.165, 1.54) is 13.0 Å². The van der Waals surface area contributed by atoms with Gasteiger partial charge in [-0.1, -0.05) is 11.6 Å². The minimum absolute atomic E-state index is 0.0162. The van der Waals surface area contributed by atoms with Gasteiger partial charge in [0.25, 0.3) is 5.69 Å². The van der Waals surface area contributed by atoms with Crippen LogP contribution in [0.1, 0.15) is 12.5 Å². The van der Waals surface area contributed by atoms with E-state index in [1.54, 1.807) is 0 Å². The molecule has 0 saturated carbocycles. The minimum atomic E-state index is -4.58. The topological polar surface area (TPSA) is 108 Å². The Balaban J connectivity index is 2.38. The Morgan fingerprint density at radius 3 is 2.50 bits per heavy atom. The van der Waals surface area contributed by atoms with Crippen LogP contribution in [0.3, 0.4) is 0 Å². The van der Waals surface area contributed by atoms with Crippen molar-refractivity contribution in [2.45, 2.75) is 13.1 Å². The number of amides is 1. The van der Waals surface area contributed by atoms with Crippen molar-refractivity contribution in [2.24, 2.45) is 5.84 Å². The number of hydrogen-bond acceptors (Lipinski definition) is 6. The summed E-state index contributed by atoms with van der Waals surface area (Å²) in [5.41, 5.74) is -1.82. The van der Waals surface area contributed by atoms with Crippen LogP contribution in [0.5, 0.6) is 11.5 Å². The van der Waals surface area contributed by atoms with Crippen LogP contribution >= 0.6 is 11.6 Å². The number of carbonyl (C=O) groups excluding carboxylic acids is 1. The largest absolute Gasteiger partial charge is 0.456 e. The first-order valence-electron chi connectivity index (χ1n) is 7.59. The van der Waals surface area contributed by atoms with Crippen molar-refractivity contribution in [1.29, 1.82) is 0 Å². The zero-order valence-corrected chi connectivity index (χ0v) is 15.0. The molecule has 0 heterocycles. The second kappa shape index (κ2) is 8.31. The molecule has 0 aliphatic rings. The third-order valence-corrected chi connectivity index (χ3v) is 3.65. The van der Waals surface area contributed by atoms with Gasteiger partial charge in [-0.25, -0.2) is 15.6 Å². The molecule has 2 rings (SSSR count). The van der Waals surface area contributed by atoms with E-state index in [-0.39, 0.29) is 28.8 Å². The van der Waals surface area contributed by atoms with Crippen LogP contribution in [0, 0.1) is 10.1 Å². The van der Waals surface area contributed by atoms with Gasteiger partial charge < -0.3 is 9.47 Å². The van der Waals surface area contributed by atoms with Crippen molar-refractivity contribution < 1.29 is 32.4 Å². The van der Waals surface area contributed by atoms with Crippen molar-refractivity contribution >= 4 is 29.1 Å². The Morgan fingerprint density at radius 2 is 1.96 bits per heavy atom. The summed E-state index contributed by atoms with van der Waals surface area (Å²) in [5, 5.41) is 11.3. The van der Waals surface area contributed by atoms with Crippen LogP contribution in [-0.4, -0.2) is 17.6 Å². The maximum Gasteiger partial charge on any atom is 0.429 e. The van der Waals surface area contributed by atoms with E-state index in [9.17, 15) is 28.1 Å². The standard InChI is InChI=1S/C16H13ClF3N3O5/c1-2-27-15(24)22(21)13-8-10(4-5-12(13)23(25)26)28-14-6-3-9(7-11(14)17)16(18,19)20/h3-8H,2,21H2,1H3. The molecule has 150 valence electrons. The van der Waals surface area contributed by atoms with Gasteiger partial charge in [-0.2, -0.15) is 13.2 Å². The highest BCUT2D eigenvalue weighted by Crippen LogP contribution is 2.38. The number of rotatable bonds is 5. The molecule has 2 aromatic carbocycles. The molecular formula is C16H13ClF3N3O5. The Labute approximate surface area is 161 Å². The molecule has 1 amide bonds. The molecule has 2 N–H and O–H groups in total. The monoisotopic (exact) mass is 419 g/mol. The molecule has 0 bridgehead atoms. The van der Waals surface area contributed by atoms with Crippen LogP contribution in [-0.2, 0) is 10.9 Å². The second-order valence-electron chi connectivity index (χ2n) is 5.22. The lowest BCUT2D eigenvalue weighted by atomic mass is 10.2. The summed E-state index contributed by atoms with van der Waals surface area (Å²) in [6, 6.07) is 5.69. The highest BCUT2D eigenvalue weighted by molar-refractivity contribution is 6.32. The molecule has 0 spiro atoms. The fourth-order valence-corrected chi connectivity index (χ4v) is 2.31. The number of ether oxygens (including phenoxy) is 2. The van der Waals surface area contributed by atoms with E-state index in [2.05, 4.69) is 4.74 Å². The third kappa shape index (κ3) is 4.81. The number of nitro groups is 1. The number of nitrogens with two attached hydrogens (primary N) is 1. The van der Waals surface area contributed by atoms with Gasteiger partial charge in [-0.15, -0.1) is 0 Å². The van der Waals surface area contributed by atoms with Gasteiger partial charge >= 0.3 is 12.3 Å². The van der Waals surface area contributed by atoms with E-state index >= 15 is 0 Å². The van der Waals surface area contributed by atoms with Crippen molar-refractivity contribution in [3.63, 3.8) is 0 Å². The summed E-state index contributed by atoms with van der Waals surface area (Å²) in [5.74, 6) is 5.39. The van der Waals surface area contributed by atoms with E-state index in [4.69, 9.17) is 22.2 Å². The maximum atomic E-state index is 12.7. The van der Waals surface area contributed by atoms with E-state index < -0.39 is 28.4 Å². The normalized spacial score (nSPS) is 11.1. The van der Waals surface area contributed by atoms with Gasteiger partial charge in [0.2, 0.25) is 0 Å². The Bertz CT molecular complexity index is 908. The van der Waals surface area contributed by atoms with Crippen molar-refractivity contribution in [3.05, 3.63) is 57.1 Å². The molecule has 0 radical (unpaired) electrons. The SMILES string of the molecule is CCOC(=O)N(N)c1cc(Oc2ccc(C(F)(F)F)cc2Cl)ccc1[N+](=O)[O-]. The molecule has 0 saturated heterocycles. The van der Waals surface area contributed by atoms with E-state index in [0.29, 0.717) is 11.1 Å². The van der Waals surface area contributed by atoms with Crippen LogP contribution in [0.4, 0.5) is 29.3 Å². The summed E-state index contributed by atoms with van der Waals surface area (Å²) >= 11 is 5.82. The summed E-state index contributed by atoms with van der Waals surface area (Å²) < 4.78 is 48.2. The molecule has 0 atom stereocenters. The zero-order chi connectivity index (χ0) is 21.1. The highest BCUT2D eigenvalue weighted by Gasteiger charge is 2.31. The van der Waals surface area contributed by atoms with Crippen LogP contribution in [0.25, 0.3) is 0 Å². The molecule has 8 nitrogen and oxygen atoms in total. The first-order valence-corrected chi connectivity index (χ1v) is 7.97. The molecule has 28 heavy (non-hydrogen) atoms. The number of nitrogens with zero attached hydrogens (tertiary/aromatic N) is 2. The molecule has 2 aromatic rings. The molecule has 12 heteroatoms. The van der Waals surface area contributed by atoms with Crippen LogP contribution in [0.2, 0.25) is 5.02 Å². The average Bonchev–Trinajstić information content (AvgIpc) is 2.61. The Hall–Kier alpha value is -3.05.